The predicted octanol–water partition coefficient (Wildman–Crippen LogP) is 2.81. The maximum atomic E-state index is 13.1. The van der Waals surface area contributed by atoms with Gasteiger partial charge in [0.25, 0.3) is 5.69 Å². The lowest BCUT2D eigenvalue weighted by atomic mass is 10.2. The average Bonchev–Trinajstić information content (AvgIpc) is 2.59. The Hall–Kier alpha value is -2.80. The van der Waals surface area contributed by atoms with Gasteiger partial charge in [-0.05, 0) is 18.2 Å². The van der Waals surface area contributed by atoms with Gasteiger partial charge in [-0.25, -0.2) is 8.42 Å². The Morgan fingerprint density at radius 3 is 2.39 bits per heavy atom. The molecule has 0 spiro atoms. The van der Waals surface area contributed by atoms with Gasteiger partial charge in [-0.15, -0.1) is 0 Å². The van der Waals surface area contributed by atoms with Gasteiger partial charge in [0.15, 0.2) is 0 Å². The smallest absolute Gasteiger partial charge is 0.362 e. The summed E-state index contributed by atoms with van der Waals surface area (Å²) >= 11 is 5.94. The highest BCUT2D eigenvalue weighted by Gasteiger charge is 2.26. The summed E-state index contributed by atoms with van der Waals surface area (Å²) in [4.78, 5) is 13.1. The molecule has 0 aliphatic rings. The van der Waals surface area contributed by atoms with Crippen LogP contribution in [0.5, 0.6) is 5.75 Å². The third-order valence-corrected chi connectivity index (χ3v) is 6.27. The van der Waals surface area contributed by atoms with E-state index in [1.54, 1.807) is 0 Å². The number of hydrogen-bond acceptors (Lipinski definition) is 8. The third kappa shape index (κ3) is 3.89. The van der Waals surface area contributed by atoms with Crippen LogP contribution in [0.1, 0.15) is 0 Å². The molecular weight excluding hydrogens is 436 g/mol. The van der Waals surface area contributed by atoms with Gasteiger partial charge in [0.2, 0.25) is 9.84 Å². The summed E-state index contributed by atoms with van der Waals surface area (Å²) in [6.07, 6.45) is 2.59. The van der Waals surface area contributed by atoms with E-state index in [1.807, 2.05) is 0 Å². The zero-order valence-corrected chi connectivity index (χ0v) is 15.9. The van der Waals surface area contributed by atoms with E-state index in [-0.39, 0.29) is 15.7 Å². The lowest BCUT2D eigenvalue weighted by molar-refractivity contribution is -0.384. The van der Waals surface area contributed by atoms with Crippen LogP contribution < -0.4 is 4.18 Å². The summed E-state index contributed by atoms with van der Waals surface area (Å²) in [5.41, 5.74) is -0.401. The molecule has 146 valence electrons. The number of benzene rings is 2. The largest absolute Gasteiger partial charge is 0.446 e. The van der Waals surface area contributed by atoms with Gasteiger partial charge in [0.1, 0.15) is 5.75 Å². The van der Waals surface area contributed by atoms with Gasteiger partial charge in [-0.1, -0.05) is 11.6 Å². The molecule has 3 aromatic rings. The molecule has 1 aromatic heterocycles. The number of fused-ring (bicyclic) bond motifs is 1. The molecular formula is C15H9ClN2O8S2. The monoisotopic (exact) mass is 444 g/mol. The number of hydrogen-bond donors (Lipinski definition) is 1. The van der Waals surface area contributed by atoms with E-state index in [0.717, 1.165) is 24.3 Å². The van der Waals surface area contributed by atoms with Gasteiger partial charge < -0.3 is 4.18 Å². The molecule has 0 aliphatic heterocycles. The lowest BCUT2D eigenvalue weighted by Crippen LogP contribution is -2.09. The zero-order valence-electron chi connectivity index (χ0n) is 13.5. The molecule has 0 unspecified atom stereocenters. The van der Waals surface area contributed by atoms with Crippen molar-refractivity contribution in [3.05, 3.63) is 63.9 Å². The van der Waals surface area contributed by atoms with Gasteiger partial charge in [-0.3, -0.25) is 19.7 Å². The topological polar surface area (TPSA) is 154 Å². The Bertz CT molecular complexity index is 1320. The molecule has 10 nitrogen and oxygen atoms in total. The molecule has 1 heterocycles. The van der Waals surface area contributed by atoms with E-state index in [9.17, 15) is 26.9 Å². The highest BCUT2D eigenvalue weighted by molar-refractivity contribution is 7.91. The highest BCUT2D eigenvalue weighted by Crippen LogP contribution is 2.36. The van der Waals surface area contributed by atoms with E-state index in [1.165, 1.54) is 24.5 Å². The van der Waals surface area contributed by atoms with Crippen LogP contribution in [0.25, 0.3) is 10.8 Å². The van der Waals surface area contributed by atoms with Crippen LogP contribution in [0.15, 0.2) is 58.6 Å². The minimum absolute atomic E-state index is 0.173. The molecule has 0 atom stereocenters. The fourth-order valence-corrected chi connectivity index (χ4v) is 4.85. The first-order chi connectivity index (χ1) is 13.0. The fourth-order valence-electron chi connectivity index (χ4n) is 2.48. The number of halogens is 1. The first-order valence-electron chi connectivity index (χ1n) is 7.23. The van der Waals surface area contributed by atoms with Crippen LogP contribution in [0.3, 0.4) is 0 Å². The van der Waals surface area contributed by atoms with Crippen molar-refractivity contribution in [1.29, 1.82) is 0 Å². The number of pyridine rings is 1. The summed E-state index contributed by atoms with van der Waals surface area (Å²) in [5.74, 6) is -0.473. The second kappa shape index (κ2) is 6.98. The first-order valence-corrected chi connectivity index (χ1v) is 10.5. The Morgan fingerprint density at radius 2 is 1.79 bits per heavy atom. The average molecular weight is 445 g/mol. The van der Waals surface area contributed by atoms with E-state index in [2.05, 4.69) is 9.17 Å². The summed E-state index contributed by atoms with van der Waals surface area (Å²) in [7, 11) is -9.27. The molecule has 0 saturated heterocycles. The molecule has 13 heteroatoms. The van der Waals surface area contributed by atoms with E-state index in [4.69, 9.17) is 16.2 Å². The van der Waals surface area contributed by atoms with Crippen molar-refractivity contribution in [2.75, 3.05) is 0 Å². The number of nitro groups is 1. The van der Waals surface area contributed by atoms with Crippen molar-refractivity contribution in [2.24, 2.45) is 0 Å². The van der Waals surface area contributed by atoms with Crippen LogP contribution in [-0.4, -0.2) is 31.3 Å². The van der Waals surface area contributed by atoms with Crippen LogP contribution >= 0.6 is 11.6 Å². The third-order valence-electron chi connectivity index (χ3n) is 3.60. The molecule has 0 fully saturated rings. The van der Waals surface area contributed by atoms with Crippen molar-refractivity contribution in [3.63, 3.8) is 0 Å². The molecule has 3 rings (SSSR count). The molecule has 0 radical (unpaired) electrons. The molecule has 0 bridgehead atoms. The summed E-state index contributed by atoms with van der Waals surface area (Å²) in [5, 5.41) is 10.8. The number of aromatic nitrogens is 1. The molecule has 2 aromatic carbocycles. The van der Waals surface area contributed by atoms with E-state index in [0.29, 0.717) is 0 Å². The Morgan fingerprint density at radius 1 is 1.07 bits per heavy atom. The number of nitrogens with zero attached hydrogens (tertiary/aromatic N) is 2. The number of nitro benzene ring substituents is 1. The van der Waals surface area contributed by atoms with Crippen molar-refractivity contribution >= 4 is 48.3 Å². The normalized spacial score (nSPS) is 12.1. The lowest BCUT2D eigenvalue weighted by Gasteiger charge is -2.11. The second-order valence-electron chi connectivity index (χ2n) is 5.40. The van der Waals surface area contributed by atoms with Crippen molar-refractivity contribution < 1.29 is 30.5 Å². The summed E-state index contributed by atoms with van der Waals surface area (Å²) < 4.78 is 61.5. The number of rotatable bonds is 5. The molecule has 0 saturated carbocycles. The summed E-state index contributed by atoms with van der Waals surface area (Å²) in [6.45, 7) is 0. The maximum Gasteiger partial charge on any atom is 0.446 e. The number of non-ortho nitro benzene ring substituents is 1. The predicted molar refractivity (Wildman–Crippen MR) is 97.5 cm³/mol. The van der Waals surface area contributed by atoms with Crippen LogP contribution in [-0.2, 0) is 20.2 Å². The molecule has 0 aliphatic carbocycles. The fraction of sp³-hybridized carbons (Fsp3) is 0. The quantitative estimate of drug-likeness (QED) is 0.355. The van der Waals surface area contributed by atoms with Crippen LogP contribution in [0.4, 0.5) is 5.69 Å². The Kier molecular flexibility index (Phi) is 4.97. The SMILES string of the molecule is O=[N+]([O-])c1ccc(S(=O)(=O)c2cc(OS(=O)(=O)O)cc3cnccc23)c(Cl)c1. The highest BCUT2D eigenvalue weighted by atomic mass is 35.5. The molecule has 28 heavy (non-hydrogen) atoms. The van der Waals surface area contributed by atoms with E-state index >= 15 is 0 Å². The molecule has 0 amide bonds. The van der Waals surface area contributed by atoms with Crippen molar-refractivity contribution in [2.45, 2.75) is 9.79 Å². The Labute approximate surface area is 163 Å². The minimum Gasteiger partial charge on any atom is -0.362 e. The standard InChI is InChI=1S/C15H9ClN2O8S2/c16-13-6-10(18(19)20)1-2-14(13)27(21,22)15-7-11(26-28(23,24)25)5-9-8-17-4-3-12(9)15/h1-8H,(H,23,24,25). The van der Waals surface area contributed by atoms with Crippen molar-refractivity contribution in [1.82, 2.24) is 4.98 Å². The van der Waals surface area contributed by atoms with Gasteiger partial charge in [0, 0.05) is 41.4 Å². The van der Waals surface area contributed by atoms with Gasteiger partial charge >= 0.3 is 10.4 Å². The summed E-state index contributed by atoms with van der Waals surface area (Å²) in [6, 6.07) is 6.27. The Balaban J connectivity index is 2.28. The van der Waals surface area contributed by atoms with E-state index < -0.39 is 46.5 Å². The second-order valence-corrected chi connectivity index (χ2v) is 8.72. The van der Waals surface area contributed by atoms with Crippen LogP contribution in [0, 0.1) is 10.1 Å². The van der Waals surface area contributed by atoms with Gasteiger partial charge in [-0.2, -0.15) is 8.42 Å². The maximum absolute atomic E-state index is 13.1. The molecule has 1 N–H and O–H groups in total. The minimum atomic E-state index is -4.91. The zero-order chi connectivity index (χ0) is 20.7. The van der Waals surface area contributed by atoms with Crippen LogP contribution in [0.2, 0.25) is 5.02 Å². The van der Waals surface area contributed by atoms with Gasteiger partial charge in [0.05, 0.1) is 19.7 Å². The van der Waals surface area contributed by atoms with Crippen molar-refractivity contribution in [3.8, 4) is 5.75 Å². The first kappa shape index (κ1) is 19.9. The number of sulfone groups is 1.